The number of ketones is 1. The molecule has 0 aromatic heterocycles. The van der Waals surface area contributed by atoms with Gasteiger partial charge in [0.05, 0.1) is 35.9 Å². The molecular weight excluding hydrogens is 489 g/mol. The molecule has 0 bridgehead atoms. The van der Waals surface area contributed by atoms with E-state index in [-0.39, 0.29) is 26.9 Å². The van der Waals surface area contributed by atoms with Gasteiger partial charge in [-0.05, 0) is 55.3 Å². The number of aryl methyl sites for hydroxylation is 2. The van der Waals surface area contributed by atoms with Gasteiger partial charge in [0.2, 0.25) is 0 Å². The maximum atomic E-state index is 13.4. The zero-order chi connectivity index (χ0) is 25.4. The summed E-state index contributed by atoms with van der Waals surface area (Å²) in [7, 11) is 2.95. The molecule has 1 amide bonds. The number of carbonyl (C=O) groups is 2. The number of benzene rings is 3. The first-order chi connectivity index (χ1) is 16.7. The van der Waals surface area contributed by atoms with Crippen molar-refractivity contribution in [2.75, 3.05) is 19.1 Å². The Morgan fingerprint density at radius 3 is 2.23 bits per heavy atom. The third-order valence-electron chi connectivity index (χ3n) is 5.94. The van der Waals surface area contributed by atoms with Gasteiger partial charge in [-0.2, -0.15) is 0 Å². The number of hydrogen-bond donors (Lipinski definition) is 1. The molecule has 0 saturated carbocycles. The Kier molecular flexibility index (Phi) is 6.79. The maximum Gasteiger partial charge on any atom is 0.300 e. The normalized spacial score (nSPS) is 17.1. The Balaban J connectivity index is 1.99. The summed E-state index contributed by atoms with van der Waals surface area (Å²) in [6.45, 7) is 3.81. The van der Waals surface area contributed by atoms with Crippen LogP contribution < -0.4 is 14.4 Å². The van der Waals surface area contributed by atoms with Crippen LogP contribution in [0.2, 0.25) is 10.0 Å². The largest absolute Gasteiger partial charge is 0.507 e. The number of halogens is 2. The van der Waals surface area contributed by atoms with E-state index in [1.54, 1.807) is 30.3 Å². The van der Waals surface area contributed by atoms with E-state index in [4.69, 9.17) is 32.7 Å². The molecule has 0 aliphatic carbocycles. The number of methoxy groups -OCH3 is 2. The second-order valence-electron chi connectivity index (χ2n) is 8.21. The lowest BCUT2D eigenvalue weighted by atomic mass is 9.94. The quantitative estimate of drug-likeness (QED) is 0.248. The van der Waals surface area contributed by atoms with E-state index >= 15 is 0 Å². The topological polar surface area (TPSA) is 76.1 Å². The number of anilines is 1. The highest BCUT2D eigenvalue weighted by atomic mass is 35.5. The zero-order valence-electron chi connectivity index (χ0n) is 19.6. The SMILES string of the molecule is COc1cccc(C2/C(=C(\O)c3cc(Cl)c(OC)c(Cl)c3)C(=O)C(=O)N2c2ccc(C)cc2C)c1. The highest BCUT2D eigenvalue weighted by Gasteiger charge is 2.47. The Morgan fingerprint density at radius 2 is 1.63 bits per heavy atom. The molecule has 1 heterocycles. The molecule has 0 spiro atoms. The van der Waals surface area contributed by atoms with Crippen LogP contribution >= 0.6 is 23.2 Å². The summed E-state index contributed by atoms with van der Waals surface area (Å²) in [5.74, 6) is -1.18. The fourth-order valence-electron chi connectivity index (χ4n) is 4.33. The molecule has 3 aromatic carbocycles. The number of Topliss-reactive ketones (excluding diaryl/α,β-unsaturated/α-hetero) is 1. The molecule has 180 valence electrons. The first-order valence-corrected chi connectivity index (χ1v) is 11.5. The number of carbonyl (C=O) groups excluding carboxylic acids is 2. The monoisotopic (exact) mass is 511 g/mol. The molecule has 1 saturated heterocycles. The lowest BCUT2D eigenvalue weighted by molar-refractivity contribution is -0.132. The van der Waals surface area contributed by atoms with E-state index in [0.29, 0.717) is 17.0 Å². The van der Waals surface area contributed by atoms with Crippen molar-refractivity contribution in [2.24, 2.45) is 0 Å². The van der Waals surface area contributed by atoms with Crippen LogP contribution in [0.25, 0.3) is 5.76 Å². The second-order valence-corrected chi connectivity index (χ2v) is 9.02. The average molecular weight is 512 g/mol. The first-order valence-electron chi connectivity index (χ1n) is 10.7. The van der Waals surface area contributed by atoms with Gasteiger partial charge in [-0.25, -0.2) is 0 Å². The van der Waals surface area contributed by atoms with Crippen molar-refractivity contribution in [3.8, 4) is 11.5 Å². The number of aliphatic hydroxyl groups is 1. The van der Waals surface area contributed by atoms with Crippen LogP contribution in [0.1, 0.15) is 28.3 Å². The van der Waals surface area contributed by atoms with Gasteiger partial charge < -0.3 is 14.6 Å². The van der Waals surface area contributed by atoms with Crippen LogP contribution in [-0.4, -0.2) is 31.0 Å². The van der Waals surface area contributed by atoms with Crippen molar-refractivity contribution in [1.29, 1.82) is 0 Å². The lowest BCUT2D eigenvalue weighted by Gasteiger charge is -2.27. The van der Waals surface area contributed by atoms with Crippen molar-refractivity contribution in [3.63, 3.8) is 0 Å². The van der Waals surface area contributed by atoms with Crippen molar-refractivity contribution < 1.29 is 24.2 Å². The third kappa shape index (κ3) is 4.35. The number of hydrogen-bond acceptors (Lipinski definition) is 5. The highest BCUT2D eigenvalue weighted by molar-refractivity contribution is 6.52. The summed E-state index contributed by atoms with van der Waals surface area (Å²) in [4.78, 5) is 28.2. The summed E-state index contributed by atoms with van der Waals surface area (Å²) in [6, 6.07) is 14.6. The Morgan fingerprint density at radius 1 is 0.943 bits per heavy atom. The van der Waals surface area contributed by atoms with Gasteiger partial charge in [0.1, 0.15) is 11.5 Å². The van der Waals surface area contributed by atoms with Crippen molar-refractivity contribution >= 4 is 46.3 Å². The smallest absolute Gasteiger partial charge is 0.300 e. The van der Waals surface area contributed by atoms with E-state index in [2.05, 4.69) is 0 Å². The Bertz CT molecular complexity index is 1360. The number of amides is 1. The molecule has 4 rings (SSSR count). The fraction of sp³-hybridized carbons (Fsp3) is 0.185. The van der Waals surface area contributed by atoms with Gasteiger partial charge in [-0.1, -0.05) is 53.0 Å². The highest BCUT2D eigenvalue weighted by Crippen LogP contribution is 2.45. The van der Waals surface area contributed by atoms with Crippen LogP contribution in [0.5, 0.6) is 11.5 Å². The molecule has 1 unspecified atom stereocenters. The van der Waals surface area contributed by atoms with Crippen LogP contribution in [0.4, 0.5) is 5.69 Å². The predicted octanol–water partition coefficient (Wildman–Crippen LogP) is 6.25. The number of nitrogens with zero attached hydrogens (tertiary/aromatic N) is 1. The van der Waals surface area contributed by atoms with Gasteiger partial charge in [-0.3, -0.25) is 14.5 Å². The first kappa shape index (κ1) is 24.6. The van der Waals surface area contributed by atoms with E-state index in [0.717, 1.165) is 11.1 Å². The van der Waals surface area contributed by atoms with Crippen LogP contribution in [0, 0.1) is 13.8 Å². The zero-order valence-corrected chi connectivity index (χ0v) is 21.1. The van der Waals surface area contributed by atoms with Gasteiger partial charge in [0.15, 0.2) is 5.75 Å². The number of aliphatic hydroxyl groups excluding tert-OH is 1. The Hall–Kier alpha value is -3.48. The van der Waals surface area contributed by atoms with E-state index < -0.39 is 23.5 Å². The summed E-state index contributed by atoms with van der Waals surface area (Å²) < 4.78 is 10.6. The van der Waals surface area contributed by atoms with Crippen molar-refractivity contribution in [2.45, 2.75) is 19.9 Å². The molecule has 3 aromatic rings. The maximum absolute atomic E-state index is 13.4. The van der Waals surface area contributed by atoms with Gasteiger partial charge in [0.25, 0.3) is 11.7 Å². The minimum atomic E-state index is -0.911. The number of ether oxygens (including phenoxy) is 2. The average Bonchev–Trinajstić information content (AvgIpc) is 3.09. The Labute approximate surface area is 213 Å². The molecule has 1 aliphatic rings. The van der Waals surface area contributed by atoms with Gasteiger partial charge in [0, 0.05) is 11.3 Å². The van der Waals surface area contributed by atoms with Gasteiger partial charge >= 0.3 is 0 Å². The molecule has 8 heteroatoms. The molecular formula is C27H23Cl2NO5. The minimum absolute atomic E-state index is 0.0828. The molecule has 1 fully saturated rings. The molecule has 1 N–H and O–H groups in total. The standard InChI is InChI=1S/C27H23Cl2NO5/c1-14-8-9-21(15(2)10-14)30-23(16-6-5-7-18(11-16)34-3)22(25(32)27(30)33)24(31)17-12-19(28)26(35-4)20(29)13-17/h5-13,23,31H,1-4H3/b24-22+. The van der Waals surface area contributed by atoms with Crippen LogP contribution in [0.3, 0.4) is 0 Å². The van der Waals surface area contributed by atoms with E-state index in [9.17, 15) is 14.7 Å². The third-order valence-corrected chi connectivity index (χ3v) is 6.50. The van der Waals surface area contributed by atoms with Gasteiger partial charge in [-0.15, -0.1) is 0 Å². The van der Waals surface area contributed by atoms with Crippen LogP contribution in [0.15, 0.2) is 60.2 Å². The summed E-state index contributed by atoms with van der Waals surface area (Å²) in [5.41, 5.74) is 3.10. The van der Waals surface area contributed by atoms with E-state index in [1.807, 2.05) is 26.0 Å². The molecule has 35 heavy (non-hydrogen) atoms. The summed E-state index contributed by atoms with van der Waals surface area (Å²) in [6.07, 6.45) is 0. The summed E-state index contributed by atoms with van der Waals surface area (Å²) in [5, 5.41) is 11.7. The predicted molar refractivity (Wildman–Crippen MR) is 137 cm³/mol. The van der Waals surface area contributed by atoms with Crippen LogP contribution in [-0.2, 0) is 9.59 Å². The van der Waals surface area contributed by atoms with Crippen molar-refractivity contribution in [3.05, 3.63) is 92.5 Å². The molecule has 1 aliphatic heterocycles. The molecule has 1 atom stereocenters. The second kappa shape index (κ2) is 9.64. The lowest BCUT2D eigenvalue weighted by Crippen LogP contribution is -2.30. The summed E-state index contributed by atoms with van der Waals surface area (Å²) >= 11 is 12.6. The van der Waals surface area contributed by atoms with E-state index in [1.165, 1.54) is 31.3 Å². The fourth-order valence-corrected chi connectivity index (χ4v) is 4.97. The molecule has 6 nitrogen and oxygen atoms in total. The van der Waals surface area contributed by atoms with Crippen molar-refractivity contribution in [1.82, 2.24) is 0 Å². The number of rotatable bonds is 5. The molecule has 0 radical (unpaired) electrons. The minimum Gasteiger partial charge on any atom is -0.507 e.